The van der Waals surface area contributed by atoms with Crippen molar-refractivity contribution in [3.8, 4) is 0 Å². The normalized spacial score (nSPS) is 13.2. The van der Waals surface area contributed by atoms with E-state index < -0.39 is 0 Å². The van der Waals surface area contributed by atoms with Crippen LogP contribution >= 0.6 is 0 Å². The van der Waals surface area contributed by atoms with Crippen molar-refractivity contribution in [1.82, 2.24) is 9.97 Å². The lowest BCUT2D eigenvalue weighted by molar-refractivity contribution is 0.0975. The summed E-state index contributed by atoms with van der Waals surface area (Å²) in [6.45, 7) is 0. The molecule has 76 valence electrons. The maximum atomic E-state index is 12.0. The smallest absolute Gasteiger partial charge is 0.212 e. The van der Waals surface area contributed by atoms with Gasteiger partial charge in [-0.05, 0) is 18.2 Å². The average molecular weight is 210 g/mol. The zero-order valence-corrected chi connectivity index (χ0v) is 8.18. The second-order valence-electron chi connectivity index (χ2n) is 3.48. The van der Waals surface area contributed by atoms with E-state index in [2.05, 4.69) is 9.97 Å². The van der Waals surface area contributed by atoms with Gasteiger partial charge >= 0.3 is 0 Å². The van der Waals surface area contributed by atoms with Gasteiger partial charge in [0.25, 0.3) is 0 Å². The lowest BCUT2D eigenvalue weighted by atomic mass is 9.88. The van der Waals surface area contributed by atoms with Gasteiger partial charge in [-0.3, -0.25) is 19.6 Å². The first kappa shape index (κ1) is 8.91. The molecular weight excluding hydrogens is 204 g/mol. The van der Waals surface area contributed by atoms with Gasteiger partial charge in [-0.2, -0.15) is 0 Å². The minimum Gasteiger partial charge on any atom is -0.288 e. The Kier molecular flexibility index (Phi) is 1.71. The van der Waals surface area contributed by atoms with Crippen LogP contribution in [0.25, 0.3) is 0 Å². The van der Waals surface area contributed by atoms with Gasteiger partial charge in [-0.25, -0.2) is 0 Å². The Labute approximate surface area is 91.0 Å². The number of pyridine rings is 2. The summed E-state index contributed by atoms with van der Waals surface area (Å²) < 4.78 is 0. The first-order chi connectivity index (χ1) is 7.79. The highest BCUT2D eigenvalue weighted by atomic mass is 16.1. The first-order valence-electron chi connectivity index (χ1n) is 4.77. The zero-order valence-electron chi connectivity index (χ0n) is 8.18. The van der Waals surface area contributed by atoms with Gasteiger partial charge in [0.15, 0.2) is 5.78 Å². The molecule has 16 heavy (non-hydrogen) atoms. The second-order valence-corrected chi connectivity index (χ2v) is 3.48. The quantitative estimate of drug-likeness (QED) is 0.560. The largest absolute Gasteiger partial charge is 0.288 e. The molecule has 0 saturated heterocycles. The standard InChI is InChI=1S/C12H6N2O2/c15-11-8-2-1-4-14-10(8)12(16)7-3-5-13-6-9(7)11/h1-6H. The van der Waals surface area contributed by atoms with Crippen LogP contribution in [0.5, 0.6) is 0 Å². The summed E-state index contributed by atoms with van der Waals surface area (Å²) in [5, 5.41) is 0. The van der Waals surface area contributed by atoms with Crippen LogP contribution in [0, 0.1) is 0 Å². The summed E-state index contributed by atoms with van der Waals surface area (Å²) in [5.74, 6) is -0.404. The van der Waals surface area contributed by atoms with Crippen LogP contribution in [0.2, 0.25) is 0 Å². The van der Waals surface area contributed by atoms with Crippen LogP contribution in [0.3, 0.4) is 0 Å². The number of ketones is 2. The maximum absolute atomic E-state index is 12.0. The number of carbonyl (C=O) groups is 2. The molecule has 0 fully saturated rings. The lowest BCUT2D eigenvalue weighted by Gasteiger charge is -2.14. The average Bonchev–Trinajstić information content (AvgIpc) is 2.36. The van der Waals surface area contributed by atoms with E-state index in [1.165, 1.54) is 18.6 Å². The Morgan fingerprint density at radius 3 is 2.62 bits per heavy atom. The number of aromatic nitrogens is 2. The molecule has 4 nitrogen and oxygen atoms in total. The van der Waals surface area contributed by atoms with Crippen LogP contribution in [-0.2, 0) is 0 Å². The Hall–Kier alpha value is -2.36. The minimum atomic E-state index is -0.215. The molecule has 0 N–H and O–H groups in total. The summed E-state index contributed by atoms with van der Waals surface area (Å²) >= 11 is 0. The number of rotatable bonds is 0. The van der Waals surface area contributed by atoms with E-state index in [-0.39, 0.29) is 17.3 Å². The third-order valence-corrected chi connectivity index (χ3v) is 2.58. The van der Waals surface area contributed by atoms with Crippen LogP contribution in [0.1, 0.15) is 32.0 Å². The van der Waals surface area contributed by atoms with Crippen molar-refractivity contribution in [3.63, 3.8) is 0 Å². The fraction of sp³-hybridized carbons (Fsp3) is 0. The molecule has 3 rings (SSSR count). The topological polar surface area (TPSA) is 59.9 Å². The van der Waals surface area contributed by atoms with E-state index in [0.717, 1.165) is 0 Å². The fourth-order valence-electron chi connectivity index (χ4n) is 1.82. The molecule has 0 aromatic carbocycles. The Bertz CT molecular complexity index is 514. The van der Waals surface area contributed by atoms with Gasteiger partial charge in [0, 0.05) is 24.2 Å². The van der Waals surface area contributed by atoms with Gasteiger partial charge in [0.05, 0.1) is 11.1 Å². The van der Waals surface area contributed by atoms with Gasteiger partial charge in [0.1, 0.15) is 5.69 Å². The second kappa shape index (κ2) is 3.06. The molecular formula is C12H6N2O2. The van der Waals surface area contributed by atoms with E-state index in [1.54, 1.807) is 18.2 Å². The number of hydrogen-bond acceptors (Lipinski definition) is 4. The van der Waals surface area contributed by atoms with Crippen molar-refractivity contribution in [1.29, 1.82) is 0 Å². The SMILES string of the molecule is O=C1c2cnccc2C(=O)c2ncccc21. The first-order valence-corrected chi connectivity index (χ1v) is 4.77. The summed E-state index contributed by atoms with van der Waals surface area (Å²) in [6.07, 6.45) is 4.43. The van der Waals surface area contributed by atoms with Crippen molar-refractivity contribution < 1.29 is 9.59 Å². The van der Waals surface area contributed by atoms with Crippen molar-refractivity contribution in [2.45, 2.75) is 0 Å². The molecule has 0 unspecified atom stereocenters. The van der Waals surface area contributed by atoms with Gasteiger partial charge in [-0.15, -0.1) is 0 Å². The summed E-state index contributed by atoms with van der Waals surface area (Å²) in [5.41, 5.74) is 1.32. The van der Waals surface area contributed by atoms with Crippen molar-refractivity contribution in [2.24, 2.45) is 0 Å². The molecule has 2 aromatic rings. The minimum absolute atomic E-state index is 0.189. The fourth-order valence-corrected chi connectivity index (χ4v) is 1.82. The van der Waals surface area contributed by atoms with E-state index in [0.29, 0.717) is 16.7 Å². The van der Waals surface area contributed by atoms with Crippen LogP contribution in [-0.4, -0.2) is 21.5 Å². The Morgan fingerprint density at radius 2 is 1.75 bits per heavy atom. The van der Waals surface area contributed by atoms with Crippen molar-refractivity contribution in [3.05, 3.63) is 59.2 Å². The molecule has 0 atom stereocenters. The highest BCUT2D eigenvalue weighted by Gasteiger charge is 2.30. The molecule has 0 spiro atoms. The summed E-state index contributed by atoms with van der Waals surface area (Å²) in [4.78, 5) is 31.9. The molecule has 0 amide bonds. The van der Waals surface area contributed by atoms with Crippen molar-refractivity contribution in [2.75, 3.05) is 0 Å². The molecule has 0 saturated carbocycles. The zero-order chi connectivity index (χ0) is 11.1. The molecule has 1 aliphatic rings. The number of nitrogens with zero attached hydrogens (tertiary/aromatic N) is 2. The molecule has 0 bridgehead atoms. The lowest BCUT2D eigenvalue weighted by Crippen LogP contribution is -2.22. The van der Waals surface area contributed by atoms with Gasteiger partial charge in [-0.1, -0.05) is 0 Å². The molecule has 1 aliphatic carbocycles. The van der Waals surface area contributed by atoms with E-state index >= 15 is 0 Å². The van der Waals surface area contributed by atoms with Crippen molar-refractivity contribution >= 4 is 11.6 Å². The highest BCUT2D eigenvalue weighted by Crippen LogP contribution is 2.24. The Balaban J connectivity index is 2.35. The van der Waals surface area contributed by atoms with Crippen LogP contribution < -0.4 is 0 Å². The van der Waals surface area contributed by atoms with Crippen LogP contribution in [0.15, 0.2) is 36.8 Å². The third-order valence-electron chi connectivity index (χ3n) is 2.58. The third kappa shape index (κ3) is 1.04. The molecule has 2 heterocycles. The van der Waals surface area contributed by atoms with Crippen LogP contribution in [0.4, 0.5) is 0 Å². The molecule has 0 radical (unpaired) electrons. The van der Waals surface area contributed by atoms with E-state index in [9.17, 15) is 9.59 Å². The highest BCUT2D eigenvalue weighted by molar-refractivity contribution is 6.27. The predicted molar refractivity (Wildman–Crippen MR) is 55.3 cm³/mol. The molecule has 4 heteroatoms. The number of fused-ring (bicyclic) bond motifs is 2. The predicted octanol–water partition coefficient (Wildman–Crippen LogP) is 1.25. The summed E-state index contributed by atoms with van der Waals surface area (Å²) in [6, 6.07) is 4.80. The maximum Gasteiger partial charge on any atom is 0.212 e. The van der Waals surface area contributed by atoms with E-state index in [1.807, 2.05) is 0 Å². The monoisotopic (exact) mass is 210 g/mol. The Morgan fingerprint density at radius 1 is 0.875 bits per heavy atom. The van der Waals surface area contributed by atoms with Gasteiger partial charge < -0.3 is 0 Å². The number of carbonyl (C=O) groups excluding carboxylic acids is 2. The molecule has 2 aromatic heterocycles. The van der Waals surface area contributed by atoms with E-state index in [4.69, 9.17) is 0 Å². The summed E-state index contributed by atoms with van der Waals surface area (Å²) in [7, 11) is 0. The van der Waals surface area contributed by atoms with Gasteiger partial charge in [0.2, 0.25) is 5.78 Å². The number of hydrogen-bond donors (Lipinski definition) is 0. The molecule has 0 aliphatic heterocycles.